The molecule has 0 bridgehead atoms. The van der Waals surface area contributed by atoms with Gasteiger partial charge in [-0.25, -0.2) is 8.42 Å². The van der Waals surface area contributed by atoms with Gasteiger partial charge < -0.3 is 5.32 Å². The monoisotopic (exact) mass is 486 g/mol. The third kappa shape index (κ3) is 5.78. The molecule has 1 amide bonds. The van der Waals surface area contributed by atoms with E-state index >= 15 is 0 Å². The molecule has 0 radical (unpaired) electrons. The number of carbonyl (C=O) groups is 1. The number of halogens is 1. The summed E-state index contributed by atoms with van der Waals surface area (Å²) in [6.07, 6.45) is 0.230. The van der Waals surface area contributed by atoms with E-state index in [1.807, 2.05) is 62.4 Å². The van der Waals surface area contributed by atoms with Crippen LogP contribution in [0.1, 0.15) is 16.7 Å². The summed E-state index contributed by atoms with van der Waals surface area (Å²) in [7, 11) is -3.88. The van der Waals surface area contributed by atoms with Crippen molar-refractivity contribution in [3.63, 3.8) is 0 Å². The van der Waals surface area contributed by atoms with E-state index in [1.165, 1.54) is 12.1 Å². The van der Waals surface area contributed by atoms with Crippen molar-refractivity contribution >= 4 is 37.5 Å². The molecule has 3 aromatic rings. The van der Waals surface area contributed by atoms with Gasteiger partial charge in [0.2, 0.25) is 15.9 Å². The molecule has 156 valence electrons. The number of amides is 1. The molecule has 0 spiro atoms. The predicted molar refractivity (Wildman–Crippen MR) is 123 cm³/mol. The Morgan fingerprint density at radius 2 is 1.63 bits per heavy atom. The number of carbonyl (C=O) groups excluding carboxylic acids is 1. The molecule has 2 N–H and O–H groups in total. The topological polar surface area (TPSA) is 75.3 Å². The van der Waals surface area contributed by atoms with Crippen LogP contribution >= 0.6 is 15.9 Å². The summed E-state index contributed by atoms with van der Waals surface area (Å²) in [5.41, 5.74) is 3.52. The standard InChI is InChI=1S/C23H23BrN2O3S/c1-16-8-13-21(17(2)14-16)25-23(27)22(15-18-6-4-3-5-7-18)26-30(28,29)20-11-9-19(24)10-12-20/h3-14,22,26H,15H2,1-2H3,(H,25,27)/t22-/m0/s1. The SMILES string of the molecule is Cc1ccc(NC(=O)[C@H](Cc2ccccc2)NS(=O)(=O)c2ccc(Br)cc2)c(C)c1. The Bertz CT molecular complexity index is 1130. The molecule has 5 nitrogen and oxygen atoms in total. The van der Waals surface area contributed by atoms with Crippen LogP contribution in [0.2, 0.25) is 0 Å². The molecule has 0 fully saturated rings. The number of anilines is 1. The molecule has 0 aromatic heterocycles. The summed E-state index contributed by atoms with van der Waals surface area (Å²) in [6, 6.07) is 20.3. The minimum Gasteiger partial charge on any atom is -0.324 e. The van der Waals surface area contributed by atoms with E-state index in [0.29, 0.717) is 5.69 Å². The quantitative estimate of drug-likeness (QED) is 0.512. The van der Waals surface area contributed by atoms with E-state index in [4.69, 9.17) is 0 Å². The Labute approximate surface area is 185 Å². The lowest BCUT2D eigenvalue weighted by molar-refractivity contribution is -0.117. The maximum Gasteiger partial charge on any atom is 0.242 e. The summed E-state index contributed by atoms with van der Waals surface area (Å²) in [6.45, 7) is 3.88. The molecule has 0 aliphatic heterocycles. The van der Waals surface area contributed by atoms with Crippen molar-refractivity contribution in [3.8, 4) is 0 Å². The lowest BCUT2D eigenvalue weighted by Gasteiger charge is -2.20. The fourth-order valence-corrected chi connectivity index (χ4v) is 4.54. The van der Waals surface area contributed by atoms with Crippen LogP contribution in [0.25, 0.3) is 0 Å². The van der Waals surface area contributed by atoms with Gasteiger partial charge in [-0.1, -0.05) is 64.0 Å². The van der Waals surface area contributed by atoms with Gasteiger partial charge in [0.25, 0.3) is 0 Å². The summed E-state index contributed by atoms with van der Waals surface area (Å²) in [5.74, 6) is -0.411. The zero-order valence-corrected chi connectivity index (χ0v) is 19.1. The second-order valence-electron chi connectivity index (χ2n) is 7.13. The van der Waals surface area contributed by atoms with Crippen LogP contribution in [0.4, 0.5) is 5.69 Å². The molecule has 0 saturated heterocycles. The Balaban J connectivity index is 1.87. The van der Waals surface area contributed by atoms with E-state index in [1.54, 1.807) is 12.1 Å². The number of aryl methyl sites for hydroxylation is 2. The molecule has 0 saturated carbocycles. The highest BCUT2D eigenvalue weighted by molar-refractivity contribution is 9.10. The summed E-state index contributed by atoms with van der Waals surface area (Å²) < 4.78 is 29.2. The van der Waals surface area contributed by atoms with Crippen LogP contribution < -0.4 is 10.0 Å². The first-order valence-electron chi connectivity index (χ1n) is 9.44. The predicted octanol–water partition coefficient (Wildman–Crippen LogP) is 4.59. The van der Waals surface area contributed by atoms with Gasteiger partial charge in [0.05, 0.1) is 4.90 Å². The molecule has 3 rings (SSSR count). The molecule has 0 heterocycles. The van der Waals surface area contributed by atoms with Crippen molar-refractivity contribution in [1.29, 1.82) is 0 Å². The zero-order valence-electron chi connectivity index (χ0n) is 16.7. The summed E-state index contributed by atoms with van der Waals surface area (Å²) in [5, 5.41) is 2.87. The average molecular weight is 487 g/mol. The average Bonchev–Trinajstić information content (AvgIpc) is 2.70. The second-order valence-corrected chi connectivity index (χ2v) is 9.75. The van der Waals surface area contributed by atoms with E-state index in [9.17, 15) is 13.2 Å². The molecular weight excluding hydrogens is 464 g/mol. The largest absolute Gasteiger partial charge is 0.324 e. The summed E-state index contributed by atoms with van der Waals surface area (Å²) >= 11 is 3.30. The molecule has 1 atom stereocenters. The summed E-state index contributed by atoms with van der Waals surface area (Å²) in [4.78, 5) is 13.2. The fourth-order valence-electron chi connectivity index (χ4n) is 3.08. The van der Waals surface area contributed by atoms with Gasteiger partial charge in [-0.15, -0.1) is 0 Å². The minimum atomic E-state index is -3.88. The number of hydrogen-bond donors (Lipinski definition) is 2. The molecule has 30 heavy (non-hydrogen) atoms. The van der Waals surface area contributed by atoms with Gasteiger partial charge in [-0.05, 0) is 61.7 Å². The Morgan fingerprint density at radius 3 is 2.27 bits per heavy atom. The van der Waals surface area contributed by atoms with Gasteiger partial charge >= 0.3 is 0 Å². The third-order valence-electron chi connectivity index (χ3n) is 4.66. The molecule has 3 aromatic carbocycles. The molecule has 0 aliphatic rings. The van der Waals surface area contributed by atoms with Crippen molar-refractivity contribution in [3.05, 3.63) is 94.0 Å². The second kappa shape index (κ2) is 9.55. The molecular formula is C23H23BrN2O3S. The maximum atomic E-state index is 13.1. The van der Waals surface area contributed by atoms with Crippen molar-refractivity contribution in [1.82, 2.24) is 4.72 Å². The van der Waals surface area contributed by atoms with Gasteiger partial charge in [-0.2, -0.15) is 4.72 Å². The lowest BCUT2D eigenvalue weighted by atomic mass is 10.1. The number of sulfonamides is 1. The highest BCUT2D eigenvalue weighted by Crippen LogP contribution is 2.19. The van der Waals surface area contributed by atoms with Gasteiger partial charge in [-0.3, -0.25) is 4.79 Å². The fraction of sp³-hybridized carbons (Fsp3) is 0.174. The highest BCUT2D eigenvalue weighted by Gasteiger charge is 2.26. The van der Waals surface area contributed by atoms with E-state index < -0.39 is 22.0 Å². The molecule has 0 aliphatic carbocycles. The van der Waals surface area contributed by atoms with Crippen molar-refractivity contribution in [2.45, 2.75) is 31.2 Å². The first-order chi connectivity index (χ1) is 14.2. The number of nitrogens with one attached hydrogen (secondary N) is 2. The van der Waals surface area contributed by atoms with E-state index in [2.05, 4.69) is 26.0 Å². The smallest absolute Gasteiger partial charge is 0.242 e. The van der Waals surface area contributed by atoms with E-state index in [-0.39, 0.29) is 11.3 Å². The minimum absolute atomic E-state index is 0.100. The van der Waals surface area contributed by atoms with Crippen LogP contribution in [0.15, 0.2) is 82.2 Å². The first-order valence-corrected chi connectivity index (χ1v) is 11.7. The van der Waals surface area contributed by atoms with Crippen molar-refractivity contribution in [2.75, 3.05) is 5.32 Å². The molecule has 7 heteroatoms. The normalized spacial score (nSPS) is 12.4. The van der Waals surface area contributed by atoms with Crippen LogP contribution in [-0.2, 0) is 21.2 Å². The Hall–Kier alpha value is -2.48. The van der Waals surface area contributed by atoms with Crippen LogP contribution in [-0.4, -0.2) is 20.4 Å². The number of rotatable bonds is 7. The number of hydrogen-bond acceptors (Lipinski definition) is 3. The van der Waals surface area contributed by atoms with Crippen LogP contribution in [0.3, 0.4) is 0 Å². The van der Waals surface area contributed by atoms with Crippen molar-refractivity contribution < 1.29 is 13.2 Å². The lowest BCUT2D eigenvalue weighted by Crippen LogP contribution is -2.45. The van der Waals surface area contributed by atoms with Gasteiger partial charge in [0.1, 0.15) is 6.04 Å². The third-order valence-corrected chi connectivity index (χ3v) is 6.68. The van der Waals surface area contributed by atoms with Gasteiger partial charge in [0.15, 0.2) is 0 Å². The van der Waals surface area contributed by atoms with E-state index in [0.717, 1.165) is 21.2 Å². The highest BCUT2D eigenvalue weighted by atomic mass is 79.9. The Kier molecular flexibility index (Phi) is 7.07. The van der Waals surface area contributed by atoms with Crippen LogP contribution in [0, 0.1) is 13.8 Å². The Morgan fingerprint density at radius 1 is 0.967 bits per heavy atom. The van der Waals surface area contributed by atoms with Crippen LogP contribution in [0.5, 0.6) is 0 Å². The zero-order chi connectivity index (χ0) is 21.7. The van der Waals surface area contributed by atoms with Gasteiger partial charge in [0, 0.05) is 10.2 Å². The number of benzene rings is 3. The van der Waals surface area contributed by atoms with Crippen molar-refractivity contribution in [2.24, 2.45) is 0 Å². The maximum absolute atomic E-state index is 13.1. The molecule has 0 unspecified atom stereocenters. The first kappa shape index (κ1) is 22.2.